The van der Waals surface area contributed by atoms with Gasteiger partial charge in [0.1, 0.15) is 17.6 Å². The largest absolute Gasteiger partial charge is 0.457 e. The smallest absolute Gasteiger partial charge is 0.265 e. The highest BCUT2D eigenvalue weighted by Crippen LogP contribution is 2.30. The van der Waals surface area contributed by atoms with Crippen LogP contribution in [0.4, 0.5) is 5.69 Å². The Kier molecular flexibility index (Phi) is 4.52. The van der Waals surface area contributed by atoms with Crippen molar-refractivity contribution < 1.29 is 9.53 Å². The summed E-state index contributed by atoms with van der Waals surface area (Å²) in [6, 6.07) is 20.3. The van der Waals surface area contributed by atoms with E-state index in [4.69, 9.17) is 10.00 Å². The number of pyridine rings is 1. The van der Waals surface area contributed by atoms with Crippen molar-refractivity contribution in [1.82, 2.24) is 4.98 Å². The van der Waals surface area contributed by atoms with Crippen molar-refractivity contribution in [2.24, 2.45) is 0 Å². The molecule has 0 aliphatic carbocycles. The van der Waals surface area contributed by atoms with Crippen LogP contribution in [-0.2, 0) is 0 Å². The van der Waals surface area contributed by atoms with E-state index in [1.165, 1.54) is 11.3 Å². The van der Waals surface area contributed by atoms with Crippen LogP contribution in [0.5, 0.6) is 11.5 Å². The third-order valence-corrected chi connectivity index (χ3v) is 4.81. The molecule has 0 atom stereocenters. The quantitative estimate of drug-likeness (QED) is 0.534. The van der Waals surface area contributed by atoms with E-state index in [0.717, 1.165) is 10.9 Å². The zero-order chi connectivity index (χ0) is 18.6. The Labute approximate surface area is 159 Å². The van der Waals surface area contributed by atoms with Gasteiger partial charge in [-0.1, -0.05) is 18.2 Å². The first-order valence-corrected chi connectivity index (χ1v) is 9.02. The number of aromatic nitrogens is 1. The minimum absolute atomic E-state index is 0.256. The molecule has 2 heterocycles. The maximum atomic E-state index is 12.3. The van der Waals surface area contributed by atoms with Crippen LogP contribution in [0.3, 0.4) is 0 Å². The number of para-hydroxylation sites is 1. The highest BCUT2D eigenvalue weighted by Gasteiger charge is 2.10. The number of carbonyl (C=O) groups excluding carboxylic acids is 1. The first-order chi connectivity index (χ1) is 13.2. The van der Waals surface area contributed by atoms with Crippen molar-refractivity contribution in [3.05, 3.63) is 82.7 Å². The molecule has 0 radical (unpaired) electrons. The number of anilines is 1. The lowest BCUT2D eigenvalue weighted by atomic mass is 10.2. The lowest BCUT2D eigenvalue weighted by Gasteiger charge is -2.10. The van der Waals surface area contributed by atoms with Gasteiger partial charge in [0, 0.05) is 28.7 Å². The Balaban J connectivity index is 1.55. The van der Waals surface area contributed by atoms with Crippen LogP contribution in [0.25, 0.3) is 10.9 Å². The minimum atomic E-state index is -0.256. The van der Waals surface area contributed by atoms with Gasteiger partial charge in [0.05, 0.1) is 16.0 Å². The fourth-order valence-corrected chi connectivity index (χ4v) is 3.36. The van der Waals surface area contributed by atoms with Crippen molar-refractivity contribution in [2.45, 2.75) is 0 Å². The van der Waals surface area contributed by atoms with Crippen LogP contribution < -0.4 is 10.1 Å². The van der Waals surface area contributed by atoms with Crippen LogP contribution in [0, 0.1) is 11.3 Å². The number of nitrogens with one attached hydrogen (secondary N) is 1. The van der Waals surface area contributed by atoms with Gasteiger partial charge in [-0.2, -0.15) is 5.26 Å². The second-order valence-electron chi connectivity index (χ2n) is 5.72. The zero-order valence-electron chi connectivity index (χ0n) is 14.0. The van der Waals surface area contributed by atoms with Crippen molar-refractivity contribution in [3.63, 3.8) is 0 Å². The minimum Gasteiger partial charge on any atom is -0.457 e. The summed E-state index contributed by atoms with van der Waals surface area (Å²) in [5, 5.41) is 14.3. The number of fused-ring (bicyclic) bond motifs is 1. The first kappa shape index (κ1) is 16.8. The lowest BCUT2D eigenvalue weighted by molar-refractivity contribution is 0.103. The molecule has 4 rings (SSSR count). The molecule has 0 spiro atoms. The fourth-order valence-electron chi connectivity index (χ4n) is 2.63. The highest BCUT2D eigenvalue weighted by molar-refractivity contribution is 7.12. The van der Waals surface area contributed by atoms with E-state index in [0.29, 0.717) is 27.6 Å². The molecule has 0 aliphatic heterocycles. The second-order valence-corrected chi connectivity index (χ2v) is 6.63. The Morgan fingerprint density at radius 3 is 2.85 bits per heavy atom. The number of hydrogen-bond donors (Lipinski definition) is 1. The van der Waals surface area contributed by atoms with E-state index in [2.05, 4.69) is 10.3 Å². The van der Waals surface area contributed by atoms with Gasteiger partial charge in [0.25, 0.3) is 5.91 Å². The van der Waals surface area contributed by atoms with Gasteiger partial charge in [0.2, 0.25) is 0 Å². The molecule has 2 aromatic heterocycles. The van der Waals surface area contributed by atoms with E-state index in [1.54, 1.807) is 29.8 Å². The van der Waals surface area contributed by atoms with Crippen LogP contribution in [0.1, 0.15) is 15.2 Å². The van der Waals surface area contributed by atoms with Crippen molar-refractivity contribution in [2.75, 3.05) is 5.32 Å². The molecular weight excluding hydrogens is 358 g/mol. The summed E-state index contributed by atoms with van der Waals surface area (Å²) in [5.41, 5.74) is 1.94. The predicted octanol–water partition coefficient (Wildman–Crippen LogP) is 5.21. The third kappa shape index (κ3) is 3.64. The number of rotatable bonds is 4. The molecule has 0 aliphatic rings. The molecule has 0 saturated carbocycles. The molecule has 5 nitrogen and oxygen atoms in total. The van der Waals surface area contributed by atoms with E-state index in [-0.39, 0.29) is 5.91 Å². The maximum Gasteiger partial charge on any atom is 0.265 e. The molecule has 130 valence electrons. The average molecular weight is 371 g/mol. The van der Waals surface area contributed by atoms with E-state index in [9.17, 15) is 4.79 Å². The molecule has 1 N–H and O–H groups in total. The normalized spacial score (nSPS) is 10.3. The summed E-state index contributed by atoms with van der Waals surface area (Å²) in [5.74, 6) is 1.04. The van der Waals surface area contributed by atoms with E-state index >= 15 is 0 Å². The Bertz CT molecular complexity index is 1170. The molecule has 4 aromatic rings. The SMILES string of the molecule is N#Cc1csc(C(=O)Nc2cccc(Oc3ccnc4ccccc34)c2)c1. The number of hydrogen-bond acceptors (Lipinski definition) is 5. The fraction of sp³-hybridized carbons (Fsp3) is 0. The number of carbonyl (C=O) groups is 1. The first-order valence-electron chi connectivity index (χ1n) is 8.14. The number of ether oxygens (including phenoxy) is 1. The molecule has 1 amide bonds. The molecule has 0 bridgehead atoms. The Hall–Kier alpha value is -3.69. The standard InChI is InChI=1S/C21H13N3O2S/c22-12-14-10-20(27-13-14)21(25)24-15-4-3-5-16(11-15)26-19-8-9-23-18-7-2-1-6-17(18)19/h1-11,13H,(H,24,25). The Morgan fingerprint density at radius 1 is 1.11 bits per heavy atom. The predicted molar refractivity (Wildman–Crippen MR) is 105 cm³/mol. The molecule has 2 aromatic carbocycles. The van der Waals surface area contributed by atoms with Crippen molar-refractivity contribution >= 4 is 33.8 Å². The summed E-state index contributed by atoms with van der Waals surface area (Å²) < 4.78 is 6.01. The Morgan fingerprint density at radius 2 is 2.00 bits per heavy atom. The van der Waals surface area contributed by atoms with Gasteiger partial charge < -0.3 is 10.1 Å². The number of amides is 1. The molecule has 6 heteroatoms. The lowest BCUT2D eigenvalue weighted by Crippen LogP contribution is -2.10. The molecule has 0 fully saturated rings. The molecular formula is C21H13N3O2S. The van der Waals surface area contributed by atoms with E-state index < -0.39 is 0 Å². The number of nitrogens with zero attached hydrogens (tertiary/aromatic N) is 2. The van der Waals surface area contributed by atoms with Gasteiger partial charge >= 0.3 is 0 Å². The molecule has 27 heavy (non-hydrogen) atoms. The summed E-state index contributed by atoms with van der Waals surface area (Å²) in [6.45, 7) is 0. The van der Waals surface area contributed by atoms with Crippen molar-refractivity contribution in [3.8, 4) is 17.6 Å². The average Bonchev–Trinajstić information content (AvgIpc) is 3.18. The maximum absolute atomic E-state index is 12.3. The van der Waals surface area contributed by atoms with E-state index in [1.807, 2.05) is 48.5 Å². The summed E-state index contributed by atoms with van der Waals surface area (Å²) in [4.78, 5) is 17.1. The van der Waals surface area contributed by atoms with Gasteiger partial charge in [-0.25, -0.2) is 0 Å². The van der Waals surface area contributed by atoms with Crippen LogP contribution in [0.15, 0.2) is 72.2 Å². The van der Waals surface area contributed by atoms with Crippen molar-refractivity contribution in [1.29, 1.82) is 5.26 Å². The highest BCUT2D eigenvalue weighted by atomic mass is 32.1. The number of benzene rings is 2. The third-order valence-electron chi connectivity index (χ3n) is 3.88. The molecule has 0 unspecified atom stereocenters. The van der Waals surface area contributed by atoms with Gasteiger partial charge in [0.15, 0.2) is 0 Å². The zero-order valence-corrected chi connectivity index (χ0v) is 14.9. The van der Waals surface area contributed by atoms with Crippen LogP contribution in [-0.4, -0.2) is 10.9 Å². The summed E-state index contributed by atoms with van der Waals surface area (Å²) in [6.07, 6.45) is 1.70. The number of thiophene rings is 1. The second kappa shape index (κ2) is 7.28. The monoisotopic (exact) mass is 371 g/mol. The van der Waals surface area contributed by atoms with Gasteiger partial charge in [-0.3, -0.25) is 9.78 Å². The van der Waals surface area contributed by atoms with Crippen LogP contribution in [0.2, 0.25) is 0 Å². The summed E-state index contributed by atoms with van der Waals surface area (Å²) >= 11 is 1.24. The molecule has 0 saturated heterocycles. The summed E-state index contributed by atoms with van der Waals surface area (Å²) in [7, 11) is 0. The van der Waals surface area contributed by atoms with Gasteiger partial charge in [-0.05, 0) is 36.4 Å². The topological polar surface area (TPSA) is 75.0 Å². The van der Waals surface area contributed by atoms with Crippen LogP contribution >= 0.6 is 11.3 Å². The van der Waals surface area contributed by atoms with Gasteiger partial charge in [-0.15, -0.1) is 11.3 Å². The number of nitriles is 1.